The smallest absolute Gasteiger partial charge is 0.245 e. The van der Waals surface area contributed by atoms with Crippen LogP contribution in [-0.4, -0.2) is 24.9 Å². The highest BCUT2D eigenvalue weighted by Gasteiger charge is 2.25. The lowest BCUT2D eigenvalue weighted by atomic mass is 10.2. The lowest BCUT2D eigenvalue weighted by Crippen LogP contribution is -2.26. The molecule has 8 heteroatoms. The molecule has 1 heterocycles. The molecule has 0 bridgehead atoms. The average molecular weight is 455 g/mol. The molecule has 0 saturated heterocycles. The molecule has 0 saturated carbocycles. The van der Waals surface area contributed by atoms with Crippen molar-refractivity contribution in [3.8, 4) is 0 Å². The summed E-state index contributed by atoms with van der Waals surface area (Å²) in [4.78, 5) is 0.797. The van der Waals surface area contributed by atoms with Gasteiger partial charge in [-0.1, -0.05) is 28.1 Å². The van der Waals surface area contributed by atoms with Crippen LogP contribution in [0, 0.1) is 0 Å². The number of hydrogen-bond acceptors (Lipinski definition) is 4. The number of aliphatic hydroxyl groups is 1. The first-order chi connectivity index (χ1) is 9.84. The molecule has 4 nitrogen and oxygen atoms in total. The van der Waals surface area contributed by atoms with Crippen LogP contribution in [0.1, 0.15) is 10.4 Å². The quantitative estimate of drug-likeness (QED) is 0.750. The molecule has 0 aliphatic carbocycles. The van der Waals surface area contributed by atoms with Gasteiger partial charge in [0.15, 0.2) is 0 Å². The van der Waals surface area contributed by atoms with Gasteiger partial charge in [-0.3, -0.25) is 0 Å². The third-order valence-electron chi connectivity index (χ3n) is 2.84. The number of sulfonamides is 1. The Morgan fingerprint density at radius 1 is 1.29 bits per heavy atom. The average Bonchev–Trinajstić information content (AvgIpc) is 2.80. The van der Waals surface area contributed by atoms with Gasteiger partial charge in [0.1, 0.15) is 4.90 Å². The molecule has 0 radical (unpaired) electrons. The molecule has 0 aliphatic rings. The Hall–Kier alpha value is -0.250. The van der Waals surface area contributed by atoms with Gasteiger partial charge in [-0.15, -0.1) is 11.3 Å². The first kappa shape index (κ1) is 17.1. The summed E-state index contributed by atoms with van der Waals surface area (Å²) in [5.74, 6) is 0. The van der Waals surface area contributed by atoms with Crippen LogP contribution in [0.4, 0.5) is 0 Å². The largest absolute Gasteiger partial charge is 0.391 e. The number of thiophene rings is 1. The number of benzene rings is 1. The molecule has 0 aliphatic heterocycles. The standard InChI is InChI=1S/C13H13Br2NO3S2/c1-16(7-9-3-2-4-10(14)5-9)21(18,19)12-6-11(8-17)20-13(12)15/h2-6,17H,7-8H2,1H3. The van der Waals surface area contributed by atoms with E-state index < -0.39 is 10.0 Å². The van der Waals surface area contributed by atoms with Crippen LogP contribution in [0.5, 0.6) is 0 Å². The van der Waals surface area contributed by atoms with Crippen molar-refractivity contribution in [1.29, 1.82) is 0 Å². The zero-order valence-corrected chi connectivity index (χ0v) is 15.9. The first-order valence-corrected chi connectivity index (χ1v) is 9.78. The Kier molecular flexibility index (Phi) is 5.61. The van der Waals surface area contributed by atoms with Crippen molar-refractivity contribution in [2.45, 2.75) is 18.0 Å². The van der Waals surface area contributed by atoms with E-state index in [4.69, 9.17) is 5.11 Å². The maximum Gasteiger partial charge on any atom is 0.245 e. The number of hydrogen-bond donors (Lipinski definition) is 1. The Morgan fingerprint density at radius 3 is 2.57 bits per heavy atom. The molecular weight excluding hydrogens is 442 g/mol. The zero-order chi connectivity index (χ0) is 15.6. The fraction of sp³-hybridized carbons (Fsp3) is 0.231. The van der Waals surface area contributed by atoms with E-state index in [1.165, 1.54) is 21.7 Å². The van der Waals surface area contributed by atoms with E-state index in [1.54, 1.807) is 7.05 Å². The van der Waals surface area contributed by atoms with E-state index in [-0.39, 0.29) is 18.0 Å². The molecule has 1 aromatic carbocycles. The second-order valence-corrected chi connectivity index (χ2v) is 9.78. The number of aliphatic hydroxyl groups excluding tert-OH is 1. The normalized spacial score (nSPS) is 12.0. The number of halogens is 2. The molecule has 1 N–H and O–H groups in total. The molecule has 114 valence electrons. The highest BCUT2D eigenvalue weighted by molar-refractivity contribution is 9.11. The predicted molar refractivity (Wildman–Crippen MR) is 90.7 cm³/mol. The second kappa shape index (κ2) is 6.89. The van der Waals surface area contributed by atoms with Gasteiger partial charge in [0.25, 0.3) is 0 Å². The molecule has 0 spiro atoms. The summed E-state index contributed by atoms with van der Waals surface area (Å²) in [6.07, 6.45) is 0. The minimum atomic E-state index is -3.60. The summed E-state index contributed by atoms with van der Waals surface area (Å²) in [6.45, 7) is 0.104. The minimum Gasteiger partial charge on any atom is -0.391 e. The van der Waals surface area contributed by atoms with Crippen molar-refractivity contribution in [3.63, 3.8) is 0 Å². The highest BCUT2D eigenvalue weighted by Crippen LogP contribution is 2.33. The summed E-state index contributed by atoms with van der Waals surface area (Å²) in [6, 6.07) is 9.01. The van der Waals surface area contributed by atoms with Crippen molar-refractivity contribution < 1.29 is 13.5 Å². The Labute approximate surface area is 144 Å². The topological polar surface area (TPSA) is 57.6 Å². The maximum atomic E-state index is 12.6. The summed E-state index contributed by atoms with van der Waals surface area (Å²) in [5, 5.41) is 9.12. The lowest BCUT2D eigenvalue weighted by Gasteiger charge is -2.17. The van der Waals surface area contributed by atoms with Crippen LogP contribution in [0.15, 0.2) is 43.5 Å². The van der Waals surface area contributed by atoms with E-state index in [1.807, 2.05) is 24.3 Å². The molecular formula is C13H13Br2NO3S2. The van der Waals surface area contributed by atoms with Crippen LogP contribution in [0.2, 0.25) is 0 Å². The minimum absolute atomic E-state index is 0.172. The van der Waals surface area contributed by atoms with Gasteiger partial charge >= 0.3 is 0 Å². The summed E-state index contributed by atoms with van der Waals surface area (Å²) < 4.78 is 27.9. The summed E-state index contributed by atoms with van der Waals surface area (Å²) >= 11 is 7.84. The van der Waals surface area contributed by atoms with Gasteiger partial charge in [0.2, 0.25) is 10.0 Å². The van der Waals surface area contributed by atoms with Crippen molar-refractivity contribution in [3.05, 3.63) is 49.0 Å². The Balaban J connectivity index is 2.28. The monoisotopic (exact) mass is 453 g/mol. The molecule has 2 aromatic rings. The van der Waals surface area contributed by atoms with Crippen molar-refractivity contribution in [2.24, 2.45) is 0 Å². The number of nitrogens with zero attached hydrogens (tertiary/aromatic N) is 1. The highest BCUT2D eigenvalue weighted by atomic mass is 79.9. The maximum absolute atomic E-state index is 12.6. The molecule has 2 rings (SSSR count). The van der Waals surface area contributed by atoms with Crippen LogP contribution in [-0.2, 0) is 23.2 Å². The van der Waals surface area contributed by atoms with E-state index in [0.29, 0.717) is 8.66 Å². The van der Waals surface area contributed by atoms with Gasteiger partial charge < -0.3 is 5.11 Å². The van der Waals surface area contributed by atoms with Crippen LogP contribution in [0.25, 0.3) is 0 Å². The second-order valence-electron chi connectivity index (χ2n) is 4.40. The van der Waals surface area contributed by atoms with Gasteiger partial charge in [-0.2, -0.15) is 4.31 Å². The lowest BCUT2D eigenvalue weighted by molar-refractivity contribution is 0.285. The van der Waals surface area contributed by atoms with E-state index >= 15 is 0 Å². The molecule has 1 aromatic heterocycles. The van der Waals surface area contributed by atoms with Crippen LogP contribution in [0.3, 0.4) is 0 Å². The SMILES string of the molecule is CN(Cc1cccc(Br)c1)S(=O)(=O)c1cc(CO)sc1Br. The zero-order valence-electron chi connectivity index (χ0n) is 11.1. The molecule has 0 amide bonds. The predicted octanol–water partition coefficient (Wildman–Crippen LogP) is 3.59. The summed E-state index contributed by atoms with van der Waals surface area (Å²) in [7, 11) is -2.06. The van der Waals surface area contributed by atoms with Crippen LogP contribution < -0.4 is 0 Å². The van der Waals surface area contributed by atoms with Gasteiger partial charge in [-0.25, -0.2) is 8.42 Å². The Morgan fingerprint density at radius 2 is 2.00 bits per heavy atom. The van der Waals surface area contributed by atoms with Crippen molar-refractivity contribution in [1.82, 2.24) is 4.31 Å². The molecule has 0 atom stereocenters. The third-order valence-corrected chi connectivity index (χ3v) is 7.38. The third kappa shape index (κ3) is 3.94. The van der Waals surface area contributed by atoms with Crippen LogP contribution >= 0.6 is 43.2 Å². The van der Waals surface area contributed by atoms with Crippen molar-refractivity contribution in [2.75, 3.05) is 7.05 Å². The molecule has 0 fully saturated rings. The van der Waals surface area contributed by atoms with Gasteiger partial charge in [-0.05, 0) is 39.7 Å². The number of rotatable bonds is 5. The van der Waals surface area contributed by atoms with Gasteiger partial charge in [0.05, 0.1) is 10.4 Å². The fourth-order valence-electron chi connectivity index (χ4n) is 1.80. The first-order valence-electron chi connectivity index (χ1n) is 5.94. The molecule has 0 unspecified atom stereocenters. The van der Waals surface area contributed by atoms with E-state index in [0.717, 1.165) is 10.0 Å². The van der Waals surface area contributed by atoms with Gasteiger partial charge in [0, 0.05) is 22.9 Å². The molecule has 21 heavy (non-hydrogen) atoms. The fourth-order valence-corrected chi connectivity index (χ4v) is 5.89. The Bertz CT molecular complexity index is 744. The summed E-state index contributed by atoms with van der Waals surface area (Å²) in [5.41, 5.74) is 0.893. The van der Waals surface area contributed by atoms with E-state index in [9.17, 15) is 8.42 Å². The van der Waals surface area contributed by atoms with E-state index in [2.05, 4.69) is 31.9 Å². The van der Waals surface area contributed by atoms with Crippen molar-refractivity contribution >= 4 is 53.2 Å².